The van der Waals surface area contributed by atoms with Gasteiger partial charge in [0.1, 0.15) is 0 Å². The number of rotatable bonds is 12. The fourth-order valence-electron chi connectivity index (χ4n) is 4.47. The van der Waals surface area contributed by atoms with Gasteiger partial charge in [0.2, 0.25) is 0 Å². The number of halogens is 2. The first kappa shape index (κ1) is 22.1. The zero-order valence-corrected chi connectivity index (χ0v) is 17.2. The van der Waals surface area contributed by atoms with E-state index in [-0.39, 0.29) is 0 Å². The molecule has 0 bridgehead atoms. The van der Waals surface area contributed by atoms with Crippen LogP contribution in [0.3, 0.4) is 0 Å². The van der Waals surface area contributed by atoms with Crippen LogP contribution in [0.5, 0.6) is 0 Å². The van der Waals surface area contributed by atoms with E-state index in [0.29, 0.717) is 12.3 Å². The maximum Gasteiger partial charge on any atom is 0.266 e. The number of hydrogen-bond acceptors (Lipinski definition) is 0. The molecule has 0 spiro atoms. The first-order chi connectivity index (χ1) is 13.2. The molecule has 0 atom stereocenters. The smallest absolute Gasteiger partial charge is 0.174 e. The second-order valence-electron chi connectivity index (χ2n) is 8.42. The second kappa shape index (κ2) is 13.1. The predicted molar refractivity (Wildman–Crippen MR) is 112 cm³/mol. The lowest BCUT2D eigenvalue weighted by molar-refractivity contribution is 0.301. The number of allylic oxidation sites excluding steroid dienone is 1. The van der Waals surface area contributed by atoms with E-state index in [2.05, 4.69) is 19.1 Å². The van der Waals surface area contributed by atoms with E-state index in [1.165, 1.54) is 89.0 Å². The van der Waals surface area contributed by atoms with Crippen LogP contribution in [0.4, 0.5) is 8.78 Å². The van der Waals surface area contributed by atoms with E-state index in [4.69, 9.17) is 0 Å². The minimum atomic E-state index is -1.59. The van der Waals surface area contributed by atoms with Crippen LogP contribution < -0.4 is 0 Å². The lowest BCUT2D eigenvalue weighted by Gasteiger charge is -2.29. The van der Waals surface area contributed by atoms with Crippen molar-refractivity contribution >= 4 is 0 Å². The monoisotopic (exact) mass is 376 g/mol. The van der Waals surface area contributed by atoms with Gasteiger partial charge >= 0.3 is 0 Å². The quantitative estimate of drug-likeness (QED) is 0.320. The Balaban J connectivity index is 1.59. The van der Waals surface area contributed by atoms with Crippen LogP contribution in [0, 0.1) is 5.92 Å². The first-order valence-electron chi connectivity index (χ1n) is 11.3. The molecule has 0 heterocycles. The van der Waals surface area contributed by atoms with Crippen molar-refractivity contribution in [1.29, 1.82) is 0 Å². The molecular formula is C25H38F2. The zero-order valence-electron chi connectivity index (χ0n) is 17.2. The van der Waals surface area contributed by atoms with Gasteiger partial charge in [-0.3, -0.25) is 0 Å². The van der Waals surface area contributed by atoms with Gasteiger partial charge < -0.3 is 0 Å². The number of hydrogen-bond donors (Lipinski definition) is 0. The summed E-state index contributed by atoms with van der Waals surface area (Å²) < 4.78 is 24.4. The zero-order chi connectivity index (χ0) is 19.3. The van der Waals surface area contributed by atoms with Crippen molar-refractivity contribution in [2.24, 2.45) is 5.92 Å². The summed E-state index contributed by atoms with van der Waals surface area (Å²) in [6.45, 7) is 2.28. The maximum absolute atomic E-state index is 12.2. The fraction of sp³-hybridized carbons (Fsp3) is 0.680. The van der Waals surface area contributed by atoms with E-state index in [1.807, 2.05) is 12.1 Å². The number of benzene rings is 1. The predicted octanol–water partition coefficient (Wildman–Crippen LogP) is 8.81. The van der Waals surface area contributed by atoms with Crippen molar-refractivity contribution in [2.45, 2.75) is 103 Å². The molecule has 0 unspecified atom stereocenters. The second-order valence-corrected chi connectivity index (χ2v) is 8.42. The van der Waals surface area contributed by atoms with Gasteiger partial charge in [0.25, 0.3) is 6.08 Å². The average molecular weight is 377 g/mol. The third-order valence-electron chi connectivity index (χ3n) is 6.26. The van der Waals surface area contributed by atoms with Gasteiger partial charge in [0, 0.05) is 0 Å². The van der Waals surface area contributed by atoms with Crippen LogP contribution >= 0.6 is 0 Å². The molecular weight excluding hydrogens is 338 g/mol. The minimum Gasteiger partial charge on any atom is -0.174 e. The Bertz CT molecular complexity index is 520. The lowest BCUT2D eigenvalue weighted by Crippen LogP contribution is -2.13. The molecule has 152 valence electrons. The summed E-state index contributed by atoms with van der Waals surface area (Å²) in [6, 6.07) is 8.34. The molecule has 0 aliphatic heterocycles. The van der Waals surface area contributed by atoms with Crippen molar-refractivity contribution in [1.82, 2.24) is 0 Å². The molecule has 0 amide bonds. The summed E-state index contributed by atoms with van der Waals surface area (Å²) in [5.41, 5.74) is 2.36. The summed E-state index contributed by atoms with van der Waals surface area (Å²) in [7, 11) is 0. The standard InChI is InChI=1S/C25H38F2/c1-2-3-4-5-6-7-8-9-10-21-11-16-23(17-12-21)24-18-13-22(14-19-24)15-20-25(26)27/h13-14,18-21,23H,2-12,15-17H2,1H3. The van der Waals surface area contributed by atoms with E-state index in [0.717, 1.165) is 17.6 Å². The van der Waals surface area contributed by atoms with Crippen LogP contribution in [-0.2, 0) is 6.42 Å². The van der Waals surface area contributed by atoms with Crippen molar-refractivity contribution in [2.75, 3.05) is 0 Å². The van der Waals surface area contributed by atoms with Gasteiger partial charge in [0.05, 0.1) is 0 Å². The van der Waals surface area contributed by atoms with Gasteiger partial charge in [-0.1, -0.05) is 89.0 Å². The molecule has 0 radical (unpaired) electrons. The molecule has 1 saturated carbocycles. The molecule has 0 N–H and O–H groups in total. The van der Waals surface area contributed by atoms with Gasteiger partial charge in [-0.2, -0.15) is 8.78 Å². The number of unbranched alkanes of at least 4 members (excludes halogenated alkanes) is 7. The van der Waals surface area contributed by atoms with Crippen molar-refractivity contribution in [3.05, 3.63) is 47.5 Å². The van der Waals surface area contributed by atoms with Crippen LogP contribution in [0.1, 0.15) is 107 Å². The summed E-state index contributed by atoms with van der Waals surface area (Å²) in [4.78, 5) is 0. The van der Waals surface area contributed by atoms with Gasteiger partial charge in [-0.25, -0.2) is 0 Å². The Morgan fingerprint density at radius 1 is 0.852 bits per heavy atom. The Morgan fingerprint density at radius 2 is 1.44 bits per heavy atom. The van der Waals surface area contributed by atoms with E-state index in [1.54, 1.807) is 0 Å². The molecule has 1 aromatic rings. The van der Waals surface area contributed by atoms with E-state index < -0.39 is 6.08 Å². The topological polar surface area (TPSA) is 0 Å². The molecule has 2 heteroatoms. The highest BCUT2D eigenvalue weighted by atomic mass is 19.3. The molecule has 27 heavy (non-hydrogen) atoms. The maximum atomic E-state index is 12.2. The van der Waals surface area contributed by atoms with Crippen LogP contribution in [-0.4, -0.2) is 0 Å². The van der Waals surface area contributed by atoms with E-state index in [9.17, 15) is 8.78 Å². The van der Waals surface area contributed by atoms with Crippen LogP contribution in [0.2, 0.25) is 0 Å². The Hall–Kier alpha value is -1.18. The van der Waals surface area contributed by atoms with Crippen molar-refractivity contribution in [3.63, 3.8) is 0 Å². The summed E-state index contributed by atoms with van der Waals surface area (Å²) in [5, 5.41) is 0. The van der Waals surface area contributed by atoms with Crippen molar-refractivity contribution in [3.8, 4) is 0 Å². The van der Waals surface area contributed by atoms with Crippen molar-refractivity contribution < 1.29 is 8.78 Å². The molecule has 2 rings (SSSR count). The molecule has 1 aliphatic carbocycles. The van der Waals surface area contributed by atoms with Gasteiger partial charge in [-0.15, -0.1) is 0 Å². The lowest BCUT2D eigenvalue weighted by atomic mass is 9.77. The van der Waals surface area contributed by atoms with E-state index >= 15 is 0 Å². The molecule has 0 saturated heterocycles. The molecule has 0 nitrogen and oxygen atoms in total. The SMILES string of the molecule is CCCCCCCCCCC1CCC(c2ccc(CC=C(F)F)cc2)CC1. The molecule has 1 fully saturated rings. The molecule has 1 aliphatic rings. The third kappa shape index (κ3) is 9.04. The summed E-state index contributed by atoms with van der Waals surface area (Å²) in [6.07, 6.45) is 17.7. The first-order valence-corrected chi connectivity index (χ1v) is 11.3. The van der Waals surface area contributed by atoms with Crippen LogP contribution in [0.25, 0.3) is 0 Å². The Kier molecular flexibility index (Phi) is 10.7. The normalized spacial score (nSPS) is 19.8. The van der Waals surface area contributed by atoms with Crippen LogP contribution in [0.15, 0.2) is 36.4 Å². The minimum absolute atomic E-state index is 0.327. The Morgan fingerprint density at radius 3 is 2.04 bits per heavy atom. The highest BCUT2D eigenvalue weighted by molar-refractivity contribution is 5.27. The highest BCUT2D eigenvalue weighted by Gasteiger charge is 2.21. The van der Waals surface area contributed by atoms with Gasteiger partial charge in [-0.05, 0) is 61.1 Å². The third-order valence-corrected chi connectivity index (χ3v) is 6.26. The fourth-order valence-corrected chi connectivity index (χ4v) is 4.47. The molecule has 0 aromatic heterocycles. The Labute approximate surface area is 165 Å². The summed E-state index contributed by atoms with van der Waals surface area (Å²) >= 11 is 0. The largest absolute Gasteiger partial charge is 0.266 e. The highest BCUT2D eigenvalue weighted by Crippen LogP contribution is 2.37. The average Bonchev–Trinajstić information content (AvgIpc) is 2.69. The molecule has 1 aromatic carbocycles. The van der Waals surface area contributed by atoms with Gasteiger partial charge in [0.15, 0.2) is 0 Å². The summed E-state index contributed by atoms with van der Waals surface area (Å²) in [5.74, 6) is 1.60.